The molecule has 7 heteroatoms. The van der Waals surface area contributed by atoms with E-state index >= 15 is 0 Å². The highest BCUT2D eigenvalue weighted by Gasteiger charge is 2.31. The van der Waals surface area contributed by atoms with Gasteiger partial charge in [-0.2, -0.15) is 5.10 Å². The molecule has 0 bridgehead atoms. The molecule has 6 nitrogen and oxygen atoms in total. The predicted octanol–water partition coefficient (Wildman–Crippen LogP) is 2.01. The Balaban J connectivity index is 2.22. The number of esters is 1. The number of rotatable bonds is 3. The van der Waals surface area contributed by atoms with E-state index in [2.05, 4.69) is 31.1 Å². The molecule has 1 aliphatic rings. The summed E-state index contributed by atoms with van der Waals surface area (Å²) in [5, 5.41) is 7.40. The lowest BCUT2D eigenvalue weighted by molar-refractivity contribution is 0.00725. The van der Waals surface area contributed by atoms with Crippen LogP contribution in [0, 0.1) is 0 Å². The van der Waals surface area contributed by atoms with E-state index in [4.69, 9.17) is 9.47 Å². The fraction of sp³-hybridized carbons (Fsp3) is 0.417. The first-order valence-corrected chi connectivity index (χ1v) is 6.79. The lowest BCUT2D eigenvalue weighted by Crippen LogP contribution is -2.28. The van der Waals surface area contributed by atoms with E-state index in [1.165, 1.54) is 0 Å². The van der Waals surface area contributed by atoms with E-state index in [1.54, 1.807) is 13.1 Å². The van der Waals surface area contributed by atoms with Crippen LogP contribution in [-0.4, -0.2) is 41.0 Å². The fourth-order valence-electron chi connectivity index (χ4n) is 2.15. The molecule has 1 fully saturated rings. The van der Waals surface area contributed by atoms with Gasteiger partial charge in [-0.1, -0.05) is 0 Å². The Morgan fingerprint density at radius 1 is 1.63 bits per heavy atom. The van der Waals surface area contributed by atoms with Crippen molar-refractivity contribution in [2.75, 3.05) is 19.8 Å². The van der Waals surface area contributed by atoms with Gasteiger partial charge in [0, 0.05) is 11.5 Å². The van der Waals surface area contributed by atoms with E-state index in [1.807, 2.05) is 0 Å². The third kappa shape index (κ3) is 2.02. The summed E-state index contributed by atoms with van der Waals surface area (Å²) in [7, 11) is 0. The summed E-state index contributed by atoms with van der Waals surface area (Å²) >= 11 is 3.43. The van der Waals surface area contributed by atoms with Crippen molar-refractivity contribution in [2.45, 2.75) is 12.8 Å². The van der Waals surface area contributed by atoms with Crippen molar-refractivity contribution in [1.29, 1.82) is 0 Å². The van der Waals surface area contributed by atoms with Crippen molar-refractivity contribution >= 4 is 32.9 Å². The molecule has 0 aromatic carbocycles. The summed E-state index contributed by atoms with van der Waals surface area (Å²) in [5.74, 6) is -0.181. The Kier molecular flexibility index (Phi) is 3.24. The zero-order valence-corrected chi connectivity index (χ0v) is 11.9. The topological polar surface area (TPSA) is 77.1 Å². The third-order valence-corrected chi connectivity index (χ3v) is 3.72. The van der Waals surface area contributed by atoms with Crippen molar-refractivity contribution < 1.29 is 14.3 Å². The summed E-state index contributed by atoms with van der Waals surface area (Å²) in [6, 6.07) is 0. The molecule has 2 aromatic rings. The second-order valence-electron chi connectivity index (χ2n) is 4.28. The van der Waals surface area contributed by atoms with Crippen LogP contribution in [0.5, 0.6) is 0 Å². The van der Waals surface area contributed by atoms with Crippen LogP contribution >= 0.6 is 15.9 Å². The van der Waals surface area contributed by atoms with E-state index < -0.39 is 0 Å². The van der Waals surface area contributed by atoms with Crippen molar-refractivity contribution in [1.82, 2.24) is 15.2 Å². The van der Waals surface area contributed by atoms with Crippen molar-refractivity contribution in [3.63, 3.8) is 0 Å². The summed E-state index contributed by atoms with van der Waals surface area (Å²) in [6.07, 6.45) is 1.60. The van der Waals surface area contributed by atoms with Crippen LogP contribution in [0.15, 0.2) is 10.8 Å². The Bertz CT molecular complexity index is 636. The highest BCUT2D eigenvalue weighted by atomic mass is 79.9. The van der Waals surface area contributed by atoms with Crippen LogP contribution in [-0.2, 0) is 9.47 Å². The highest BCUT2D eigenvalue weighted by Crippen LogP contribution is 2.35. The minimum Gasteiger partial charge on any atom is -0.462 e. The van der Waals surface area contributed by atoms with Gasteiger partial charge in [0.1, 0.15) is 4.60 Å². The number of H-pyrrole nitrogens is 1. The lowest BCUT2D eigenvalue weighted by Gasteiger charge is -2.28. The van der Waals surface area contributed by atoms with Crippen LogP contribution in [0.3, 0.4) is 0 Å². The highest BCUT2D eigenvalue weighted by molar-refractivity contribution is 9.10. The predicted molar refractivity (Wildman–Crippen MR) is 71.1 cm³/mol. The first kappa shape index (κ1) is 12.6. The summed E-state index contributed by atoms with van der Waals surface area (Å²) < 4.78 is 11.0. The van der Waals surface area contributed by atoms with Crippen LogP contribution in [0.2, 0.25) is 0 Å². The average Bonchev–Trinajstić information content (AvgIpc) is 2.75. The monoisotopic (exact) mass is 325 g/mol. The van der Waals surface area contributed by atoms with E-state index in [0.717, 1.165) is 5.56 Å². The third-order valence-electron chi connectivity index (χ3n) is 3.12. The van der Waals surface area contributed by atoms with E-state index in [9.17, 15) is 4.79 Å². The standard InChI is InChI=1S/C12H12BrN3O3/c1-2-19-12(17)9-7-3-14-16-11(7)15-10(13)8(9)6-4-18-5-6/h3,6H,2,4-5H2,1H3,(H,14,15,16). The number of carbonyl (C=O) groups is 1. The Morgan fingerprint density at radius 2 is 2.42 bits per heavy atom. The molecule has 1 aliphatic heterocycles. The number of carbonyl (C=O) groups excluding carboxylic acids is 1. The number of pyridine rings is 1. The van der Waals surface area contributed by atoms with Gasteiger partial charge in [-0.3, -0.25) is 5.10 Å². The first-order chi connectivity index (χ1) is 9.22. The average molecular weight is 326 g/mol. The Morgan fingerprint density at radius 3 is 3.05 bits per heavy atom. The molecule has 2 aromatic heterocycles. The van der Waals surface area contributed by atoms with E-state index in [-0.39, 0.29) is 11.9 Å². The van der Waals surface area contributed by atoms with Gasteiger partial charge in [0.15, 0.2) is 5.65 Å². The molecule has 0 unspecified atom stereocenters. The molecule has 0 atom stereocenters. The minimum absolute atomic E-state index is 0.167. The largest absolute Gasteiger partial charge is 0.462 e. The van der Waals surface area contributed by atoms with Crippen LogP contribution in [0.4, 0.5) is 0 Å². The second-order valence-corrected chi connectivity index (χ2v) is 5.03. The van der Waals surface area contributed by atoms with Gasteiger partial charge in [-0.15, -0.1) is 0 Å². The molecule has 1 saturated heterocycles. The molecule has 0 aliphatic carbocycles. The quantitative estimate of drug-likeness (QED) is 0.690. The number of aromatic nitrogens is 3. The summed E-state index contributed by atoms with van der Waals surface area (Å²) in [4.78, 5) is 16.6. The maximum atomic E-state index is 12.2. The van der Waals surface area contributed by atoms with Crippen molar-refractivity contribution in [2.24, 2.45) is 0 Å². The molecule has 3 heterocycles. The lowest BCUT2D eigenvalue weighted by atomic mass is 9.93. The summed E-state index contributed by atoms with van der Waals surface area (Å²) in [6.45, 7) is 3.30. The van der Waals surface area contributed by atoms with Gasteiger partial charge < -0.3 is 9.47 Å². The fourth-order valence-corrected chi connectivity index (χ4v) is 2.85. The molecule has 0 amide bonds. The molecule has 0 saturated carbocycles. The second kappa shape index (κ2) is 4.90. The first-order valence-electron chi connectivity index (χ1n) is 5.99. The maximum absolute atomic E-state index is 12.2. The number of nitrogens with one attached hydrogen (secondary N) is 1. The molecule has 0 spiro atoms. The van der Waals surface area contributed by atoms with Gasteiger partial charge in [0.25, 0.3) is 0 Å². The molecule has 19 heavy (non-hydrogen) atoms. The number of aromatic amines is 1. The Labute approximate surface area is 117 Å². The van der Waals surface area contributed by atoms with Crippen LogP contribution < -0.4 is 0 Å². The molecule has 0 radical (unpaired) electrons. The Hall–Kier alpha value is -1.47. The number of ether oxygens (including phenoxy) is 2. The maximum Gasteiger partial charge on any atom is 0.339 e. The molecule has 3 rings (SSSR count). The number of halogens is 1. The number of fused-ring (bicyclic) bond motifs is 1. The molecular formula is C12H12BrN3O3. The molecule has 1 N–H and O–H groups in total. The number of hydrogen-bond donors (Lipinski definition) is 1. The normalized spacial score (nSPS) is 15.5. The smallest absolute Gasteiger partial charge is 0.339 e. The van der Waals surface area contributed by atoms with Gasteiger partial charge in [-0.05, 0) is 22.9 Å². The van der Waals surface area contributed by atoms with Crippen LogP contribution in [0.1, 0.15) is 28.8 Å². The van der Waals surface area contributed by atoms with Crippen LogP contribution in [0.25, 0.3) is 11.0 Å². The SMILES string of the molecule is CCOC(=O)c1c(C2COC2)c(Br)nc2[nH]ncc12. The van der Waals surface area contributed by atoms with Gasteiger partial charge in [0.05, 0.1) is 37.0 Å². The van der Waals surface area contributed by atoms with Gasteiger partial charge >= 0.3 is 5.97 Å². The number of hydrogen-bond acceptors (Lipinski definition) is 5. The summed E-state index contributed by atoms with van der Waals surface area (Å²) in [5.41, 5.74) is 1.94. The van der Waals surface area contributed by atoms with Gasteiger partial charge in [0.2, 0.25) is 0 Å². The zero-order valence-electron chi connectivity index (χ0n) is 10.3. The molecular weight excluding hydrogens is 314 g/mol. The molecule has 100 valence electrons. The van der Waals surface area contributed by atoms with Crippen molar-refractivity contribution in [3.05, 3.63) is 21.9 Å². The van der Waals surface area contributed by atoms with Crippen molar-refractivity contribution in [3.8, 4) is 0 Å². The van der Waals surface area contributed by atoms with E-state index in [0.29, 0.717) is 41.0 Å². The zero-order chi connectivity index (χ0) is 13.4. The van der Waals surface area contributed by atoms with Gasteiger partial charge in [-0.25, -0.2) is 9.78 Å². The number of nitrogens with zero attached hydrogens (tertiary/aromatic N) is 2. The minimum atomic E-state index is -0.348.